The van der Waals surface area contributed by atoms with Crippen LogP contribution in [0.1, 0.15) is 48.2 Å². The van der Waals surface area contributed by atoms with Gasteiger partial charge in [0, 0.05) is 21.5 Å². The lowest BCUT2D eigenvalue weighted by molar-refractivity contribution is -0.149. The average molecular weight is 530 g/mol. The molecular weight excluding hydrogens is 502 g/mol. The molecule has 0 bridgehead atoms. The van der Waals surface area contributed by atoms with E-state index in [4.69, 9.17) is 25.8 Å². The van der Waals surface area contributed by atoms with Gasteiger partial charge in [-0.1, -0.05) is 55.8 Å². The van der Waals surface area contributed by atoms with Gasteiger partial charge < -0.3 is 19.5 Å². The third-order valence-electron chi connectivity index (χ3n) is 5.19. The lowest BCUT2D eigenvalue weighted by Crippen LogP contribution is -2.24. The van der Waals surface area contributed by atoms with Crippen LogP contribution < -0.4 is 10.1 Å². The van der Waals surface area contributed by atoms with Crippen molar-refractivity contribution in [2.75, 3.05) is 25.1 Å². The van der Waals surface area contributed by atoms with Crippen LogP contribution in [-0.4, -0.2) is 37.7 Å². The van der Waals surface area contributed by atoms with Crippen LogP contribution in [0.4, 0.5) is 5.00 Å². The molecule has 0 aliphatic rings. The highest BCUT2D eigenvalue weighted by Gasteiger charge is 2.24. The van der Waals surface area contributed by atoms with Crippen molar-refractivity contribution in [3.05, 3.63) is 69.6 Å². The van der Waals surface area contributed by atoms with Crippen molar-refractivity contribution < 1.29 is 28.6 Å². The quantitative estimate of drug-likeness (QED) is 0.313. The lowest BCUT2D eigenvalue weighted by Gasteiger charge is -2.14. The molecule has 3 aromatic rings. The Kier molecular flexibility index (Phi) is 9.50. The molecule has 1 heterocycles. The van der Waals surface area contributed by atoms with Crippen LogP contribution in [0.3, 0.4) is 0 Å². The first-order chi connectivity index (χ1) is 17.2. The first kappa shape index (κ1) is 27.2. The number of halogens is 1. The molecule has 1 amide bonds. The largest absolute Gasteiger partial charge is 0.482 e. The smallest absolute Gasteiger partial charge is 0.344 e. The number of ether oxygens (including phenoxy) is 3. The minimum Gasteiger partial charge on any atom is -0.482 e. The molecule has 1 N–H and O–H groups in total. The van der Waals surface area contributed by atoms with Gasteiger partial charge in [-0.2, -0.15) is 0 Å². The van der Waals surface area contributed by atoms with Crippen LogP contribution in [0.2, 0.25) is 5.02 Å². The highest BCUT2D eigenvalue weighted by atomic mass is 35.5. The second kappa shape index (κ2) is 12.6. The summed E-state index contributed by atoms with van der Waals surface area (Å²) < 4.78 is 15.9. The number of hydrogen-bond acceptors (Lipinski definition) is 7. The monoisotopic (exact) mass is 529 g/mol. The minimum atomic E-state index is -0.685. The summed E-state index contributed by atoms with van der Waals surface area (Å²) in [4.78, 5) is 37.4. The number of anilines is 1. The van der Waals surface area contributed by atoms with Crippen LogP contribution in [0.15, 0.2) is 47.8 Å². The van der Waals surface area contributed by atoms with E-state index in [1.807, 2.05) is 39.0 Å². The molecule has 0 unspecified atom stereocenters. The number of thiophene rings is 1. The van der Waals surface area contributed by atoms with Crippen molar-refractivity contribution >= 4 is 45.8 Å². The van der Waals surface area contributed by atoms with Gasteiger partial charge in [-0.15, -0.1) is 11.3 Å². The van der Waals surface area contributed by atoms with Crippen molar-refractivity contribution in [1.29, 1.82) is 0 Å². The van der Waals surface area contributed by atoms with Crippen LogP contribution >= 0.6 is 22.9 Å². The highest BCUT2D eigenvalue weighted by Crippen LogP contribution is 2.39. The SMILES string of the molecule is CCOC(=O)c1c(-c2ccccc2Cl)csc1NC(=O)COC(=O)COc1cc(C)ccc1C(C)C. The molecule has 7 nitrogen and oxygen atoms in total. The number of carbonyl (C=O) groups excluding carboxylic acids is 3. The van der Waals surface area contributed by atoms with E-state index in [9.17, 15) is 14.4 Å². The molecule has 0 fully saturated rings. The first-order valence-corrected chi connectivity index (χ1v) is 12.7. The molecule has 0 aliphatic carbocycles. The summed E-state index contributed by atoms with van der Waals surface area (Å²) >= 11 is 7.47. The van der Waals surface area contributed by atoms with Gasteiger partial charge in [0.15, 0.2) is 13.2 Å². The molecule has 3 rings (SSSR count). The van der Waals surface area contributed by atoms with Crippen molar-refractivity contribution in [1.82, 2.24) is 0 Å². The number of rotatable bonds is 10. The van der Waals surface area contributed by atoms with E-state index in [0.29, 0.717) is 21.9 Å². The van der Waals surface area contributed by atoms with Crippen molar-refractivity contribution in [2.24, 2.45) is 0 Å². The zero-order chi connectivity index (χ0) is 26.2. The van der Waals surface area contributed by atoms with Crippen molar-refractivity contribution in [3.63, 3.8) is 0 Å². The number of amides is 1. The maximum Gasteiger partial charge on any atom is 0.344 e. The first-order valence-electron chi connectivity index (χ1n) is 11.4. The van der Waals surface area contributed by atoms with Crippen LogP contribution in [0.5, 0.6) is 5.75 Å². The molecule has 0 spiro atoms. The molecular formula is C27H28ClNO6S. The van der Waals surface area contributed by atoms with Gasteiger partial charge in [0.05, 0.1) is 6.61 Å². The Morgan fingerprint density at radius 1 is 1.03 bits per heavy atom. The Morgan fingerprint density at radius 2 is 1.78 bits per heavy atom. The Labute approximate surface area is 219 Å². The molecule has 1 aromatic heterocycles. The van der Waals surface area contributed by atoms with Gasteiger partial charge in [-0.3, -0.25) is 4.79 Å². The van der Waals surface area contributed by atoms with E-state index in [1.165, 1.54) is 0 Å². The third-order valence-corrected chi connectivity index (χ3v) is 6.41. The van der Waals surface area contributed by atoms with Crippen molar-refractivity contribution in [3.8, 4) is 16.9 Å². The summed E-state index contributed by atoms with van der Waals surface area (Å²) in [5.74, 6) is -1.04. The number of carbonyl (C=O) groups is 3. The molecule has 9 heteroatoms. The molecule has 0 saturated heterocycles. The zero-order valence-electron chi connectivity index (χ0n) is 20.6. The number of aryl methyl sites for hydroxylation is 1. The van der Waals surface area contributed by atoms with E-state index in [0.717, 1.165) is 22.5 Å². The summed E-state index contributed by atoms with van der Waals surface area (Å²) in [5, 5.41) is 5.10. The highest BCUT2D eigenvalue weighted by molar-refractivity contribution is 7.15. The van der Waals surface area contributed by atoms with Gasteiger partial charge in [0.1, 0.15) is 16.3 Å². The van der Waals surface area contributed by atoms with E-state index in [2.05, 4.69) is 5.32 Å². The maximum absolute atomic E-state index is 12.7. The van der Waals surface area contributed by atoms with Crippen molar-refractivity contribution in [2.45, 2.75) is 33.6 Å². The summed E-state index contributed by atoms with van der Waals surface area (Å²) in [6.45, 7) is 7.00. The molecule has 36 heavy (non-hydrogen) atoms. The Morgan fingerprint density at radius 3 is 2.47 bits per heavy atom. The average Bonchev–Trinajstić information content (AvgIpc) is 3.24. The standard InChI is InChI=1S/C27H28ClNO6S/c1-5-33-27(32)25-20(19-8-6-7-9-21(19)28)15-36-26(25)29-23(30)13-35-24(31)14-34-22-12-17(4)10-11-18(22)16(2)3/h6-12,15-16H,5,13-14H2,1-4H3,(H,29,30). The summed E-state index contributed by atoms with van der Waals surface area (Å²) in [5.41, 5.74) is 3.36. The molecule has 0 radical (unpaired) electrons. The third kappa shape index (κ3) is 6.86. The topological polar surface area (TPSA) is 90.9 Å². The number of hydrogen-bond donors (Lipinski definition) is 1. The van der Waals surface area contributed by atoms with Gasteiger partial charge in [0.2, 0.25) is 0 Å². The van der Waals surface area contributed by atoms with Gasteiger partial charge >= 0.3 is 11.9 Å². The normalized spacial score (nSPS) is 10.7. The molecule has 2 aromatic carbocycles. The second-order valence-electron chi connectivity index (χ2n) is 8.25. The molecule has 0 atom stereocenters. The summed E-state index contributed by atoms with van der Waals surface area (Å²) in [7, 11) is 0. The maximum atomic E-state index is 12.7. The number of nitrogens with one attached hydrogen (secondary N) is 1. The molecule has 0 saturated carbocycles. The van der Waals surface area contributed by atoms with E-state index >= 15 is 0 Å². The fourth-order valence-corrected chi connectivity index (χ4v) is 4.67. The van der Waals surface area contributed by atoms with Gasteiger partial charge in [0.25, 0.3) is 5.91 Å². The molecule has 190 valence electrons. The van der Waals surface area contributed by atoms with Crippen LogP contribution in [0.25, 0.3) is 11.1 Å². The van der Waals surface area contributed by atoms with Gasteiger partial charge in [-0.25, -0.2) is 9.59 Å². The van der Waals surface area contributed by atoms with Gasteiger partial charge in [-0.05, 0) is 43.0 Å². The van der Waals surface area contributed by atoms with Crippen LogP contribution in [0, 0.1) is 6.92 Å². The Bertz CT molecular complexity index is 1250. The fraction of sp³-hybridized carbons (Fsp3) is 0.296. The number of esters is 2. The van der Waals surface area contributed by atoms with E-state index in [1.54, 1.807) is 36.6 Å². The number of benzene rings is 2. The Balaban J connectivity index is 1.65. The predicted octanol–water partition coefficient (Wildman–Crippen LogP) is 6.24. The fourth-order valence-electron chi connectivity index (χ4n) is 3.46. The summed E-state index contributed by atoms with van der Waals surface area (Å²) in [6, 6.07) is 12.9. The summed E-state index contributed by atoms with van der Waals surface area (Å²) in [6.07, 6.45) is 0. The van der Waals surface area contributed by atoms with E-state index in [-0.39, 0.29) is 29.7 Å². The minimum absolute atomic E-state index is 0.168. The predicted molar refractivity (Wildman–Crippen MR) is 141 cm³/mol. The molecule has 0 aliphatic heterocycles. The second-order valence-corrected chi connectivity index (χ2v) is 9.53. The Hall–Kier alpha value is -3.36. The van der Waals surface area contributed by atoms with Crippen LogP contribution in [-0.2, 0) is 19.1 Å². The lowest BCUT2D eigenvalue weighted by atomic mass is 10.0. The zero-order valence-corrected chi connectivity index (χ0v) is 22.1. The van der Waals surface area contributed by atoms with E-state index < -0.39 is 24.5 Å².